The Morgan fingerprint density at radius 1 is 1.23 bits per heavy atom. The number of nitrogens with one attached hydrogen (secondary N) is 1. The molecule has 0 bridgehead atoms. The highest BCUT2D eigenvalue weighted by Crippen LogP contribution is 2.32. The second kappa shape index (κ2) is 8.16. The molecule has 0 amide bonds. The third-order valence-corrected chi connectivity index (χ3v) is 5.17. The molecular weight excluding hydrogens is 330 g/mol. The summed E-state index contributed by atoms with van der Waals surface area (Å²) in [7, 11) is 2.02. The van der Waals surface area contributed by atoms with Gasteiger partial charge in [-0.3, -0.25) is 0 Å². The van der Waals surface area contributed by atoms with Gasteiger partial charge in [0.05, 0.1) is 18.9 Å². The van der Waals surface area contributed by atoms with Gasteiger partial charge in [0, 0.05) is 58.1 Å². The summed E-state index contributed by atoms with van der Waals surface area (Å²) in [5, 5.41) is 3.56. The van der Waals surface area contributed by atoms with Gasteiger partial charge in [0.1, 0.15) is 17.7 Å². The van der Waals surface area contributed by atoms with Gasteiger partial charge in [-0.15, -0.1) is 0 Å². The minimum absolute atomic E-state index is 0.0788. The van der Waals surface area contributed by atoms with Gasteiger partial charge >= 0.3 is 0 Å². The monoisotopic (exact) mass is 357 g/mol. The van der Waals surface area contributed by atoms with Crippen molar-refractivity contribution in [1.29, 1.82) is 0 Å². The quantitative estimate of drug-likeness (QED) is 0.846. The molecule has 2 aromatic heterocycles. The lowest BCUT2D eigenvalue weighted by Crippen LogP contribution is -2.37. The number of morpholine rings is 1. The summed E-state index contributed by atoms with van der Waals surface area (Å²) in [5.41, 5.74) is 1.07. The second-order valence-corrected chi connectivity index (χ2v) is 6.95. The van der Waals surface area contributed by atoms with Crippen LogP contribution in [-0.4, -0.2) is 54.0 Å². The van der Waals surface area contributed by atoms with E-state index in [1.807, 2.05) is 19.4 Å². The molecule has 2 fully saturated rings. The van der Waals surface area contributed by atoms with Gasteiger partial charge in [-0.1, -0.05) is 6.07 Å². The Balaban J connectivity index is 1.32. The number of aryl methyl sites for hydroxylation is 1. The molecule has 4 rings (SSSR count). The van der Waals surface area contributed by atoms with Crippen LogP contribution in [0.2, 0.25) is 0 Å². The van der Waals surface area contributed by atoms with Gasteiger partial charge in [0.25, 0.3) is 0 Å². The Hall–Kier alpha value is -1.96. The molecule has 0 radical (unpaired) electrons. The number of hydrogen-bond acceptors (Lipinski definition) is 6. The van der Waals surface area contributed by atoms with E-state index in [1.165, 1.54) is 0 Å². The van der Waals surface area contributed by atoms with E-state index in [2.05, 4.69) is 38.0 Å². The molecule has 2 atom stereocenters. The van der Waals surface area contributed by atoms with Gasteiger partial charge in [-0.05, 0) is 18.6 Å². The molecule has 0 unspecified atom stereocenters. The molecule has 2 saturated heterocycles. The van der Waals surface area contributed by atoms with Crippen LogP contribution < -0.4 is 10.2 Å². The zero-order valence-corrected chi connectivity index (χ0v) is 15.3. The average Bonchev–Trinajstić information content (AvgIpc) is 3.31. The Bertz CT molecular complexity index is 713. The fourth-order valence-corrected chi connectivity index (χ4v) is 3.70. The van der Waals surface area contributed by atoms with Gasteiger partial charge in [-0.2, -0.15) is 0 Å². The number of hydrogen-bond donors (Lipinski definition) is 1. The first-order chi connectivity index (χ1) is 12.8. The van der Waals surface area contributed by atoms with Crippen LogP contribution in [0.1, 0.15) is 24.0 Å². The van der Waals surface area contributed by atoms with Crippen molar-refractivity contribution >= 4 is 5.82 Å². The van der Waals surface area contributed by atoms with Crippen molar-refractivity contribution in [2.24, 2.45) is 13.0 Å². The zero-order chi connectivity index (χ0) is 17.8. The number of pyridine rings is 1. The summed E-state index contributed by atoms with van der Waals surface area (Å²) in [6.45, 7) is 5.85. The van der Waals surface area contributed by atoms with Gasteiger partial charge in [-0.25, -0.2) is 9.97 Å². The zero-order valence-electron chi connectivity index (χ0n) is 15.3. The molecule has 0 saturated carbocycles. The van der Waals surface area contributed by atoms with Crippen LogP contribution in [-0.2, 0) is 23.1 Å². The molecule has 1 N–H and O–H groups in total. The van der Waals surface area contributed by atoms with Crippen molar-refractivity contribution in [2.45, 2.75) is 19.1 Å². The van der Waals surface area contributed by atoms with Crippen LogP contribution in [0.4, 0.5) is 5.82 Å². The lowest BCUT2D eigenvalue weighted by atomic mass is 10.0. The first-order valence-electron chi connectivity index (χ1n) is 9.39. The number of nitrogens with zero attached hydrogens (tertiary/aromatic N) is 4. The van der Waals surface area contributed by atoms with Gasteiger partial charge in [0.2, 0.25) is 0 Å². The summed E-state index contributed by atoms with van der Waals surface area (Å²) in [6, 6.07) is 6.25. The van der Waals surface area contributed by atoms with Crippen molar-refractivity contribution in [2.75, 3.05) is 44.4 Å². The highest BCUT2D eigenvalue weighted by molar-refractivity contribution is 5.39. The predicted octanol–water partition coefficient (Wildman–Crippen LogP) is 1.52. The maximum Gasteiger partial charge on any atom is 0.137 e. The summed E-state index contributed by atoms with van der Waals surface area (Å²) >= 11 is 0. The smallest absolute Gasteiger partial charge is 0.137 e. The van der Waals surface area contributed by atoms with Crippen molar-refractivity contribution in [3.8, 4) is 0 Å². The third-order valence-electron chi connectivity index (χ3n) is 5.17. The molecule has 2 aliphatic rings. The maximum atomic E-state index is 5.93. The topological polar surface area (TPSA) is 64.4 Å². The van der Waals surface area contributed by atoms with E-state index in [1.54, 1.807) is 0 Å². The molecule has 4 heterocycles. The molecule has 2 aliphatic heterocycles. The van der Waals surface area contributed by atoms with E-state index < -0.39 is 0 Å². The van der Waals surface area contributed by atoms with E-state index in [0.717, 1.165) is 69.8 Å². The number of imidazole rings is 1. The summed E-state index contributed by atoms with van der Waals surface area (Å²) in [4.78, 5) is 11.6. The molecule has 140 valence electrons. The van der Waals surface area contributed by atoms with Crippen molar-refractivity contribution in [1.82, 2.24) is 19.9 Å². The highest BCUT2D eigenvalue weighted by atomic mass is 16.5. The summed E-state index contributed by atoms with van der Waals surface area (Å²) in [5.74, 6) is 2.50. The Labute approximate surface area is 154 Å². The largest absolute Gasteiger partial charge is 0.378 e. The Kier molecular flexibility index (Phi) is 5.48. The molecule has 0 aromatic carbocycles. The van der Waals surface area contributed by atoms with Crippen LogP contribution in [0.25, 0.3) is 0 Å². The summed E-state index contributed by atoms with van der Waals surface area (Å²) < 4.78 is 13.4. The standard InChI is InChI=1S/C19H27N5O2/c1-23-7-6-21-19(23)18-15(5-10-26-18)13-20-14-16-3-2-4-17(22-16)24-8-11-25-12-9-24/h2-4,6-7,15,18,20H,5,8-14H2,1H3/t15-,18+/m0/s1. The summed E-state index contributed by atoms with van der Waals surface area (Å²) in [6.07, 6.45) is 4.95. The Morgan fingerprint density at radius 3 is 2.92 bits per heavy atom. The lowest BCUT2D eigenvalue weighted by Gasteiger charge is -2.28. The van der Waals surface area contributed by atoms with Crippen molar-refractivity contribution in [3.63, 3.8) is 0 Å². The first kappa shape index (κ1) is 17.5. The molecule has 26 heavy (non-hydrogen) atoms. The van der Waals surface area contributed by atoms with E-state index >= 15 is 0 Å². The van der Waals surface area contributed by atoms with E-state index in [0.29, 0.717) is 5.92 Å². The minimum atomic E-state index is 0.0788. The maximum absolute atomic E-state index is 5.93. The van der Waals surface area contributed by atoms with Crippen LogP contribution in [0.5, 0.6) is 0 Å². The molecule has 0 spiro atoms. The highest BCUT2D eigenvalue weighted by Gasteiger charge is 2.31. The van der Waals surface area contributed by atoms with Crippen molar-refractivity contribution in [3.05, 3.63) is 42.1 Å². The molecular formula is C19H27N5O2. The predicted molar refractivity (Wildman–Crippen MR) is 99.0 cm³/mol. The number of anilines is 1. The van der Waals surface area contributed by atoms with Crippen LogP contribution >= 0.6 is 0 Å². The fourth-order valence-electron chi connectivity index (χ4n) is 3.70. The first-order valence-corrected chi connectivity index (χ1v) is 9.39. The van der Waals surface area contributed by atoms with Crippen LogP contribution in [0, 0.1) is 5.92 Å². The van der Waals surface area contributed by atoms with E-state index in [-0.39, 0.29) is 6.10 Å². The normalized spacial score (nSPS) is 23.5. The SMILES string of the molecule is Cn1ccnc1[C@@H]1OCC[C@H]1CNCc1cccc(N2CCOCC2)n1. The van der Waals surface area contributed by atoms with Crippen LogP contribution in [0.15, 0.2) is 30.6 Å². The fraction of sp³-hybridized carbons (Fsp3) is 0.579. The van der Waals surface area contributed by atoms with Gasteiger partial charge < -0.3 is 24.3 Å². The Morgan fingerprint density at radius 2 is 2.12 bits per heavy atom. The third kappa shape index (κ3) is 3.90. The lowest BCUT2D eigenvalue weighted by molar-refractivity contribution is 0.0810. The van der Waals surface area contributed by atoms with Crippen LogP contribution in [0.3, 0.4) is 0 Å². The molecule has 7 nitrogen and oxygen atoms in total. The van der Waals surface area contributed by atoms with E-state index in [4.69, 9.17) is 14.5 Å². The average molecular weight is 357 g/mol. The number of ether oxygens (including phenoxy) is 2. The minimum Gasteiger partial charge on any atom is -0.378 e. The molecule has 7 heteroatoms. The molecule has 0 aliphatic carbocycles. The number of aromatic nitrogens is 3. The molecule has 2 aromatic rings. The second-order valence-electron chi connectivity index (χ2n) is 6.95. The number of rotatable bonds is 6. The van der Waals surface area contributed by atoms with E-state index in [9.17, 15) is 0 Å². The van der Waals surface area contributed by atoms with Gasteiger partial charge in [0.15, 0.2) is 0 Å². The van der Waals surface area contributed by atoms with Crippen molar-refractivity contribution < 1.29 is 9.47 Å².